The number of hydrogen-bond acceptors (Lipinski definition) is 3. The Hall–Kier alpha value is -0.910. The van der Waals surface area contributed by atoms with Crippen LogP contribution in [-0.2, 0) is 20.5 Å². The quantitative estimate of drug-likeness (QED) is 0.855. The fraction of sp³-hybridized carbons (Fsp3) is 0.571. The molecule has 0 aromatic heterocycles. The summed E-state index contributed by atoms with van der Waals surface area (Å²) < 4.78 is 32.1. The van der Waals surface area contributed by atoms with E-state index in [-0.39, 0.29) is 5.75 Å². The van der Waals surface area contributed by atoms with E-state index >= 15 is 0 Å². The average Bonchev–Trinajstić information content (AvgIpc) is 2.52. The number of ether oxygens (including phenoxy) is 1. The van der Waals surface area contributed by atoms with Gasteiger partial charge in [0.25, 0.3) is 0 Å². The Bertz CT molecular complexity index is 566. The van der Waals surface area contributed by atoms with Gasteiger partial charge in [-0.1, -0.05) is 29.8 Å². The molecule has 0 N–H and O–H groups in total. The molecule has 4 nitrogen and oxygen atoms in total. The molecule has 1 aliphatic heterocycles. The normalized spacial score (nSPS) is 23.7. The zero-order valence-electron chi connectivity index (χ0n) is 11.9. The van der Waals surface area contributed by atoms with Gasteiger partial charge in [0.15, 0.2) is 0 Å². The molecule has 5 heteroatoms. The highest BCUT2D eigenvalue weighted by Gasteiger charge is 2.45. The van der Waals surface area contributed by atoms with Gasteiger partial charge in [0.05, 0.1) is 17.9 Å². The smallest absolute Gasteiger partial charge is 0.221 e. The molecule has 1 aromatic rings. The fourth-order valence-corrected chi connectivity index (χ4v) is 4.69. The van der Waals surface area contributed by atoms with Crippen LogP contribution in [0.5, 0.6) is 0 Å². The van der Waals surface area contributed by atoms with Crippen molar-refractivity contribution in [1.82, 2.24) is 4.31 Å². The van der Waals surface area contributed by atoms with Gasteiger partial charge in [0, 0.05) is 0 Å². The zero-order chi connectivity index (χ0) is 14.3. The van der Waals surface area contributed by atoms with Crippen molar-refractivity contribution in [2.24, 2.45) is 0 Å². The molecule has 0 amide bonds. The first-order chi connectivity index (χ1) is 8.72. The summed E-state index contributed by atoms with van der Waals surface area (Å²) in [4.78, 5) is 0. The van der Waals surface area contributed by atoms with Crippen molar-refractivity contribution in [3.8, 4) is 0 Å². The second kappa shape index (κ2) is 4.89. The van der Waals surface area contributed by atoms with Gasteiger partial charge >= 0.3 is 0 Å². The summed E-state index contributed by atoms with van der Waals surface area (Å²) in [6, 6.07) is 7.60. The van der Waals surface area contributed by atoms with E-state index in [1.807, 2.05) is 45.0 Å². The molecule has 0 spiro atoms. The first-order valence-electron chi connectivity index (χ1n) is 6.42. The second-order valence-corrected chi connectivity index (χ2v) is 7.61. The molecule has 1 aromatic carbocycles. The Morgan fingerprint density at radius 3 is 2.63 bits per heavy atom. The molecule has 1 saturated heterocycles. The summed E-state index contributed by atoms with van der Waals surface area (Å²) in [6.07, 6.45) is -0.398. The highest BCUT2D eigenvalue weighted by atomic mass is 32.2. The monoisotopic (exact) mass is 283 g/mol. The van der Waals surface area contributed by atoms with Gasteiger partial charge in [-0.25, -0.2) is 8.42 Å². The lowest BCUT2D eigenvalue weighted by Gasteiger charge is -2.30. The molecule has 1 fully saturated rings. The predicted octanol–water partition coefficient (Wildman–Crippen LogP) is 2.28. The highest BCUT2D eigenvalue weighted by Crippen LogP contribution is 2.31. The Morgan fingerprint density at radius 2 is 2.11 bits per heavy atom. The summed E-state index contributed by atoms with van der Waals surface area (Å²) in [7, 11) is -3.38. The molecule has 1 aliphatic rings. The highest BCUT2D eigenvalue weighted by molar-refractivity contribution is 7.88. The Kier molecular flexibility index (Phi) is 3.73. The Morgan fingerprint density at radius 1 is 1.42 bits per heavy atom. The van der Waals surface area contributed by atoms with Crippen molar-refractivity contribution in [2.45, 2.75) is 45.2 Å². The third-order valence-electron chi connectivity index (χ3n) is 3.34. The minimum atomic E-state index is -3.38. The number of sulfonamides is 1. The van der Waals surface area contributed by atoms with Gasteiger partial charge in [-0.2, -0.15) is 4.31 Å². The molecule has 0 bridgehead atoms. The van der Waals surface area contributed by atoms with E-state index in [1.165, 1.54) is 4.31 Å². The van der Waals surface area contributed by atoms with Gasteiger partial charge < -0.3 is 4.74 Å². The molecule has 0 radical (unpaired) electrons. The van der Waals surface area contributed by atoms with Crippen LogP contribution in [0.3, 0.4) is 0 Å². The molecule has 2 rings (SSSR count). The number of nitrogens with zero attached hydrogens (tertiary/aromatic N) is 1. The molecule has 19 heavy (non-hydrogen) atoms. The summed E-state index contributed by atoms with van der Waals surface area (Å²) in [6.45, 7) is 7.96. The molecule has 0 aliphatic carbocycles. The van der Waals surface area contributed by atoms with E-state index in [1.54, 1.807) is 6.92 Å². The lowest BCUT2D eigenvalue weighted by molar-refractivity contribution is 0.0843. The van der Waals surface area contributed by atoms with Gasteiger partial charge in [-0.3, -0.25) is 0 Å². The molecule has 106 valence electrons. The standard InChI is InChI=1S/C14H21NO3S/c1-11-6-5-7-13(8-11)9-19(16,17)15-12(2)18-10-14(15,3)4/h5-8,12H,9-10H2,1-4H3. The van der Waals surface area contributed by atoms with Crippen molar-refractivity contribution < 1.29 is 13.2 Å². The van der Waals surface area contributed by atoms with E-state index in [0.717, 1.165) is 11.1 Å². The summed E-state index contributed by atoms with van der Waals surface area (Å²) in [5, 5.41) is 0. The van der Waals surface area contributed by atoms with Crippen LogP contribution in [0.25, 0.3) is 0 Å². The van der Waals surface area contributed by atoms with Crippen LogP contribution >= 0.6 is 0 Å². The largest absolute Gasteiger partial charge is 0.360 e. The van der Waals surface area contributed by atoms with E-state index in [2.05, 4.69) is 0 Å². The molecule has 1 unspecified atom stereocenters. The Balaban J connectivity index is 2.28. The van der Waals surface area contributed by atoms with Gasteiger partial charge in [-0.15, -0.1) is 0 Å². The maximum Gasteiger partial charge on any atom is 0.221 e. The molecular weight excluding hydrogens is 262 g/mol. The van der Waals surface area contributed by atoms with E-state index < -0.39 is 21.8 Å². The van der Waals surface area contributed by atoms with Gasteiger partial charge in [-0.05, 0) is 33.3 Å². The van der Waals surface area contributed by atoms with Crippen LogP contribution in [-0.4, -0.2) is 31.1 Å². The van der Waals surface area contributed by atoms with E-state index in [0.29, 0.717) is 6.61 Å². The van der Waals surface area contributed by atoms with E-state index in [9.17, 15) is 8.42 Å². The molecular formula is C14H21NO3S. The van der Waals surface area contributed by atoms with Crippen molar-refractivity contribution in [3.63, 3.8) is 0 Å². The first-order valence-corrected chi connectivity index (χ1v) is 8.03. The molecule has 1 heterocycles. The average molecular weight is 283 g/mol. The third kappa shape index (κ3) is 2.99. The fourth-order valence-electron chi connectivity index (χ4n) is 2.63. The van der Waals surface area contributed by atoms with Crippen LogP contribution < -0.4 is 0 Å². The van der Waals surface area contributed by atoms with Crippen molar-refractivity contribution in [1.29, 1.82) is 0 Å². The van der Waals surface area contributed by atoms with Crippen LogP contribution in [0.1, 0.15) is 31.9 Å². The number of aryl methyl sites for hydroxylation is 1. The summed E-state index contributed by atoms with van der Waals surface area (Å²) >= 11 is 0. The van der Waals surface area contributed by atoms with Crippen LogP contribution in [0.15, 0.2) is 24.3 Å². The minimum absolute atomic E-state index is 0.0197. The van der Waals surface area contributed by atoms with Crippen LogP contribution in [0.4, 0.5) is 0 Å². The number of rotatable bonds is 3. The SMILES string of the molecule is Cc1cccc(CS(=O)(=O)N2C(C)OCC2(C)C)c1. The van der Waals surface area contributed by atoms with Crippen molar-refractivity contribution in [2.75, 3.05) is 6.61 Å². The number of benzene rings is 1. The maximum absolute atomic E-state index is 12.6. The molecule has 1 atom stereocenters. The lowest BCUT2D eigenvalue weighted by Crippen LogP contribution is -2.47. The van der Waals surface area contributed by atoms with E-state index in [4.69, 9.17) is 4.74 Å². The minimum Gasteiger partial charge on any atom is -0.360 e. The molecule has 0 saturated carbocycles. The topological polar surface area (TPSA) is 46.6 Å². The van der Waals surface area contributed by atoms with Gasteiger partial charge in [0.2, 0.25) is 10.0 Å². The zero-order valence-corrected chi connectivity index (χ0v) is 12.7. The second-order valence-electron chi connectivity index (χ2n) is 5.76. The Labute approximate surface area is 115 Å². The summed E-state index contributed by atoms with van der Waals surface area (Å²) in [5.74, 6) is 0.0197. The van der Waals surface area contributed by atoms with Crippen LogP contribution in [0, 0.1) is 6.92 Å². The van der Waals surface area contributed by atoms with Crippen LogP contribution in [0.2, 0.25) is 0 Å². The first kappa shape index (κ1) is 14.5. The van der Waals surface area contributed by atoms with Gasteiger partial charge in [0.1, 0.15) is 6.23 Å². The number of hydrogen-bond donors (Lipinski definition) is 0. The lowest BCUT2D eigenvalue weighted by atomic mass is 10.1. The maximum atomic E-state index is 12.6. The van der Waals surface area contributed by atoms with Crippen molar-refractivity contribution in [3.05, 3.63) is 35.4 Å². The predicted molar refractivity (Wildman–Crippen MR) is 75.1 cm³/mol. The summed E-state index contributed by atoms with van der Waals surface area (Å²) in [5.41, 5.74) is 1.40. The third-order valence-corrected chi connectivity index (χ3v) is 5.42. The van der Waals surface area contributed by atoms with Crippen molar-refractivity contribution >= 4 is 10.0 Å².